The number of carbonyl (C=O) groups excluding carboxylic acids is 1. The molecule has 0 spiro atoms. The third-order valence-electron chi connectivity index (χ3n) is 2.54. The van der Waals surface area contributed by atoms with Crippen molar-refractivity contribution in [3.63, 3.8) is 0 Å². The molecule has 4 heteroatoms. The number of amides is 1. The molecule has 2 heterocycles. The van der Waals surface area contributed by atoms with Gasteiger partial charge in [-0.25, -0.2) is 0 Å². The molecule has 1 saturated heterocycles. The summed E-state index contributed by atoms with van der Waals surface area (Å²) in [6, 6.07) is -0.0229. The van der Waals surface area contributed by atoms with Gasteiger partial charge in [0.05, 0.1) is 6.54 Å². The van der Waals surface area contributed by atoms with E-state index in [4.69, 9.17) is 0 Å². The van der Waals surface area contributed by atoms with Gasteiger partial charge in [-0.2, -0.15) is 5.11 Å². The van der Waals surface area contributed by atoms with E-state index in [9.17, 15) is 4.79 Å². The Morgan fingerprint density at radius 1 is 1.25 bits per heavy atom. The first-order chi connectivity index (χ1) is 5.88. The Balaban J connectivity index is 1.95. The molecule has 0 bridgehead atoms. The van der Waals surface area contributed by atoms with E-state index >= 15 is 0 Å². The highest BCUT2D eigenvalue weighted by Crippen LogP contribution is 2.16. The smallest absolute Gasteiger partial charge is 0.283 e. The van der Waals surface area contributed by atoms with Crippen LogP contribution in [0.1, 0.15) is 19.3 Å². The molecule has 2 rings (SSSR count). The summed E-state index contributed by atoms with van der Waals surface area (Å²) in [6.07, 6.45) is 3.72. The Morgan fingerprint density at radius 3 is 2.58 bits per heavy atom. The summed E-state index contributed by atoms with van der Waals surface area (Å²) in [5.74, 6) is -0.0445. The molecular weight excluding hydrogens is 154 g/mol. The maximum absolute atomic E-state index is 11.2. The minimum atomic E-state index is -0.0445. The van der Waals surface area contributed by atoms with Crippen molar-refractivity contribution in [2.24, 2.45) is 10.2 Å². The lowest BCUT2D eigenvalue weighted by atomic mass is 10.1. The number of rotatable bonds is 1. The monoisotopic (exact) mass is 167 g/mol. The first-order valence-corrected chi connectivity index (χ1v) is 4.53. The van der Waals surface area contributed by atoms with Crippen molar-refractivity contribution >= 4 is 5.91 Å². The van der Waals surface area contributed by atoms with Crippen LogP contribution in [0.4, 0.5) is 0 Å². The largest absolute Gasteiger partial charge is 0.290 e. The Bertz CT molecular complexity index is 208. The van der Waals surface area contributed by atoms with Crippen molar-refractivity contribution in [3.8, 4) is 0 Å². The summed E-state index contributed by atoms with van der Waals surface area (Å²) in [5.41, 5.74) is 0. The lowest BCUT2D eigenvalue weighted by molar-refractivity contribution is -0.121. The molecule has 0 aromatic carbocycles. The van der Waals surface area contributed by atoms with Crippen LogP contribution in [-0.4, -0.2) is 36.5 Å². The second kappa shape index (κ2) is 3.31. The average molecular weight is 167 g/mol. The summed E-state index contributed by atoms with van der Waals surface area (Å²) < 4.78 is 0. The molecule has 1 fully saturated rings. The molecule has 66 valence electrons. The molecule has 1 atom stereocenters. The van der Waals surface area contributed by atoms with E-state index in [0.29, 0.717) is 6.54 Å². The van der Waals surface area contributed by atoms with Gasteiger partial charge in [0.2, 0.25) is 0 Å². The number of likely N-dealkylation sites (tertiary alicyclic amines) is 1. The zero-order valence-electron chi connectivity index (χ0n) is 7.07. The van der Waals surface area contributed by atoms with Gasteiger partial charge in [0, 0.05) is 0 Å². The highest BCUT2D eigenvalue weighted by Gasteiger charge is 2.29. The van der Waals surface area contributed by atoms with Gasteiger partial charge < -0.3 is 0 Å². The topological polar surface area (TPSA) is 45.0 Å². The number of azo groups is 1. The predicted octanol–water partition coefficient (Wildman–Crippen LogP) is 0.833. The van der Waals surface area contributed by atoms with Crippen LogP contribution in [0.5, 0.6) is 0 Å². The summed E-state index contributed by atoms with van der Waals surface area (Å²) in [7, 11) is 0. The van der Waals surface area contributed by atoms with Crippen LogP contribution in [0.15, 0.2) is 10.2 Å². The maximum atomic E-state index is 11.2. The van der Waals surface area contributed by atoms with Crippen LogP contribution >= 0.6 is 0 Å². The molecule has 0 aromatic heterocycles. The van der Waals surface area contributed by atoms with Crippen molar-refractivity contribution < 1.29 is 4.79 Å². The summed E-state index contributed by atoms with van der Waals surface area (Å²) in [5, 5.41) is 7.29. The van der Waals surface area contributed by atoms with E-state index in [1.54, 1.807) is 0 Å². The highest BCUT2D eigenvalue weighted by molar-refractivity contribution is 5.83. The summed E-state index contributed by atoms with van der Waals surface area (Å²) >= 11 is 0. The Hall–Kier alpha value is -0.770. The van der Waals surface area contributed by atoms with E-state index in [1.165, 1.54) is 19.3 Å². The van der Waals surface area contributed by atoms with Crippen LogP contribution in [0.2, 0.25) is 0 Å². The number of hydrogen-bond acceptors (Lipinski definition) is 3. The first-order valence-electron chi connectivity index (χ1n) is 4.53. The molecule has 0 aromatic rings. The van der Waals surface area contributed by atoms with Crippen molar-refractivity contribution in [2.75, 3.05) is 19.6 Å². The van der Waals surface area contributed by atoms with Gasteiger partial charge in [-0.1, -0.05) is 6.42 Å². The molecule has 12 heavy (non-hydrogen) atoms. The van der Waals surface area contributed by atoms with Crippen molar-refractivity contribution in [3.05, 3.63) is 0 Å². The van der Waals surface area contributed by atoms with Gasteiger partial charge in [0.1, 0.15) is 6.04 Å². The lowest BCUT2D eigenvalue weighted by Gasteiger charge is -2.29. The molecule has 1 amide bonds. The Labute approximate surface area is 71.7 Å². The minimum absolute atomic E-state index is 0.0229. The molecule has 0 radical (unpaired) electrons. The number of carbonyl (C=O) groups is 1. The fraction of sp³-hybridized carbons (Fsp3) is 0.875. The highest BCUT2D eigenvalue weighted by atomic mass is 16.2. The SMILES string of the molecule is O=C1N=NCC1N1CCCCC1. The Morgan fingerprint density at radius 2 is 2.00 bits per heavy atom. The van der Waals surface area contributed by atoms with Crippen LogP contribution < -0.4 is 0 Å². The number of nitrogens with zero attached hydrogens (tertiary/aromatic N) is 3. The molecule has 1 unspecified atom stereocenters. The minimum Gasteiger partial charge on any atom is -0.290 e. The number of hydrogen-bond donors (Lipinski definition) is 0. The van der Waals surface area contributed by atoms with Crippen molar-refractivity contribution in [1.29, 1.82) is 0 Å². The van der Waals surface area contributed by atoms with Crippen LogP contribution in [0.3, 0.4) is 0 Å². The third kappa shape index (κ3) is 1.39. The van der Waals surface area contributed by atoms with Gasteiger partial charge in [-0.05, 0) is 25.9 Å². The second-order valence-electron chi connectivity index (χ2n) is 3.37. The molecule has 0 aliphatic carbocycles. The second-order valence-corrected chi connectivity index (χ2v) is 3.37. The quantitative estimate of drug-likeness (QED) is 0.580. The molecule has 0 saturated carbocycles. The van der Waals surface area contributed by atoms with Crippen molar-refractivity contribution in [1.82, 2.24) is 4.90 Å². The first kappa shape index (κ1) is 7.86. The number of piperidine rings is 1. The summed E-state index contributed by atoms with van der Waals surface area (Å²) in [6.45, 7) is 2.67. The van der Waals surface area contributed by atoms with Gasteiger partial charge in [-0.15, -0.1) is 5.11 Å². The van der Waals surface area contributed by atoms with Crippen molar-refractivity contribution in [2.45, 2.75) is 25.3 Å². The van der Waals surface area contributed by atoms with Crippen LogP contribution in [-0.2, 0) is 4.79 Å². The van der Waals surface area contributed by atoms with E-state index in [2.05, 4.69) is 15.1 Å². The van der Waals surface area contributed by atoms with E-state index in [-0.39, 0.29) is 11.9 Å². The van der Waals surface area contributed by atoms with E-state index in [1.807, 2.05) is 0 Å². The molecule has 2 aliphatic rings. The molecule has 2 aliphatic heterocycles. The standard InChI is InChI=1S/C8H13N3O/c12-8-7(6-9-10-8)11-4-2-1-3-5-11/h7H,1-6H2. The Kier molecular flexibility index (Phi) is 2.17. The molecular formula is C8H13N3O. The normalized spacial score (nSPS) is 31.3. The summed E-state index contributed by atoms with van der Waals surface area (Å²) in [4.78, 5) is 13.4. The van der Waals surface area contributed by atoms with Gasteiger partial charge in [-0.3, -0.25) is 9.69 Å². The average Bonchev–Trinajstić information content (AvgIpc) is 2.53. The van der Waals surface area contributed by atoms with Gasteiger partial charge in [0.15, 0.2) is 0 Å². The molecule has 0 N–H and O–H groups in total. The lowest BCUT2D eigenvalue weighted by Crippen LogP contribution is -2.43. The molecule has 4 nitrogen and oxygen atoms in total. The fourth-order valence-electron chi connectivity index (χ4n) is 1.83. The van der Waals surface area contributed by atoms with Crippen LogP contribution in [0.25, 0.3) is 0 Å². The maximum Gasteiger partial charge on any atom is 0.283 e. The van der Waals surface area contributed by atoms with E-state index in [0.717, 1.165) is 13.1 Å². The van der Waals surface area contributed by atoms with Gasteiger partial charge >= 0.3 is 0 Å². The van der Waals surface area contributed by atoms with E-state index < -0.39 is 0 Å². The zero-order chi connectivity index (χ0) is 8.39. The third-order valence-corrected chi connectivity index (χ3v) is 2.54. The zero-order valence-corrected chi connectivity index (χ0v) is 7.07. The van der Waals surface area contributed by atoms with Crippen LogP contribution in [0, 0.1) is 0 Å². The van der Waals surface area contributed by atoms with Gasteiger partial charge in [0.25, 0.3) is 5.91 Å². The predicted molar refractivity (Wildman–Crippen MR) is 43.9 cm³/mol. The fourth-order valence-corrected chi connectivity index (χ4v) is 1.83.